The van der Waals surface area contributed by atoms with E-state index in [-0.39, 0.29) is 30.0 Å². The van der Waals surface area contributed by atoms with Gasteiger partial charge in [-0.2, -0.15) is 0 Å². The molecule has 8 heteroatoms. The van der Waals surface area contributed by atoms with Crippen LogP contribution in [0.5, 0.6) is 0 Å². The molecule has 0 spiro atoms. The van der Waals surface area contributed by atoms with Crippen LogP contribution >= 0.6 is 11.6 Å². The lowest BCUT2D eigenvalue weighted by Gasteiger charge is -2.37. The standard InChI is InChI=1S/C9H9ClN4O3/c10-7-2-11-1-6(13-7)8(15)12-5-3-14(4-5)9(16)17/h1-2,5H,3-4H2,(H,12,15)(H,16,17). The summed E-state index contributed by atoms with van der Waals surface area (Å²) in [6.45, 7) is 0.574. The van der Waals surface area contributed by atoms with Gasteiger partial charge in [-0.15, -0.1) is 0 Å². The number of amides is 2. The molecule has 2 N–H and O–H groups in total. The van der Waals surface area contributed by atoms with E-state index < -0.39 is 12.0 Å². The maximum atomic E-state index is 11.6. The minimum Gasteiger partial charge on any atom is -0.465 e. The zero-order valence-electron chi connectivity index (χ0n) is 8.63. The lowest BCUT2D eigenvalue weighted by atomic mass is 10.1. The number of rotatable bonds is 2. The second-order valence-electron chi connectivity index (χ2n) is 3.58. The zero-order valence-corrected chi connectivity index (χ0v) is 9.39. The maximum Gasteiger partial charge on any atom is 0.407 e. The summed E-state index contributed by atoms with van der Waals surface area (Å²) >= 11 is 5.60. The Balaban J connectivity index is 1.89. The molecule has 0 saturated carbocycles. The van der Waals surface area contributed by atoms with E-state index in [0.717, 1.165) is 0 Å². The van der Waals surface area contributed by atoms with Crippen molar-refractivity contribution < 1.29 is 14.7 Å². The molecule has 0 bridgehead atoms. The average molecular weight is 257 g/mol. The third kappa shape index (κ3) is 2.62. The predicted molar refractivity (Wildman–Crippen MR) is 57.9 cm³/mol. The van der Waals surface area contributed by atoms with Crippen LogP contribution in [-0.2, 0) is 0 Å². The van der Waals surface area contributed by atoms with Crippen molar-refractivity contribution in [3.05, 3.63) is 23.2 Å². The summed E-state index contributed by atoms with van der Waals surface area (Å²) in [6.07, 6.45) is 1.64. The minimum absolute atomic E-state index is 0.117. The fourth-order valence-corrected chi connectivity index (χ4v) is 1.58. The molecular formula is C9H9ClN4O3. The number of hydrogen-bond acceptors (Lipinski definition) is 4. The summed E-state index contributed by atoms with van der Waals surface area (Å²) in [4.78, 5) is 30.9. The van der Waals surface area contributed by atoms with Crippen molar-refractivity contribution in [2.75, 3.05) is 13.1 Å². The maximum absolute atomic E-state index is 11.6. The molecule has 1 aromatic heterocycles. The monoisotopic (exact) mass is 256 g/mol. The average Bonchev–Trinajstić information content (AvgIpc) is 2.21. The van der Waals surface area contributed by atoms with Crippen LogP contribution in [0, 0.1) is 0 Å². The second kappa shape index (κ2) is 4.54. The lowest BCUT2D eigenvalue weighted by Crippen LogP contribution is -2.60. The smallest absolute Gasteiger partial charge is 0.407 e. The van der Waals surface area contributed by atoms with E-state index in [1.165, 1.54) is 17.3 Å². The molecular weight excluding hydrogens is 248 g/mol. The number of carbonyl (C=O) groups is 2. The summed E-state index contributed by atoms with van der Waals surface area (Å²) in [6, 6.07) is -0.181. The summed E-state index contributed by atoms with van der Waals surface area (Å²) < 4.78 is 0. The number of carboxylic acid groups (broad SMARTS) is 1. The van der Waals surface area contributed by atoms with Crippen LogP contribution in [-0.4, -0.2) is 51.1 Å². The highest BCUT2D eigenvalue weighted by molar-refractivity contribution is 6.29. The number of carbonyl (C=O) groups excluding carboxylic acids is 1. The van der Waals surface area contributed by atoms with Crippen LogP contribution in [0.1, 0.15) is 10.5 Å². The molecule has 90 valence electrons. The van der Waals surface area contributed by atoms with E-state index in [4.69, 9.17) is 16.7 Å². The van der Waals surface area contributed by atoms with Gasteiger partial charge in [0.15, 0.2) is 0 Å². The van der Waals surface area contributed by atoms with Crippen molar-refractivity contribution in [2.24, 2.45) is 0 Å². The van der Waals surface area contributed by atoms with E-state index in [9.17, 15) is 9.59 Å². The molecule has 7 nitrogen and oxygen atoms in total. The highest BCUT2D eigenvalue weighted by atomic mass is 35.5. The highest BCUT2D eigenvalue weighted by Crippen LogP contribution is 2.09. The van der Waals surface area contributed by atoms with Crippen molar-refractivity contribution >= 4 is 23.6 Å². The fraction of sp³-hybridized carbons (Fsp3) is 0.333. The quantitative estimate of drug-likeness (QED) is 0.789. The van der Waals surface area contributed by atoms with Crippen molar-refractivity contribution in [3.63, 3.8) is 0 Å². The second-order valence-corrected chi connectivity index (χ2v) is 3.97. The molecule has 1 saturated heterocycles. The largest absolute Gasteiger partial charge is 0.465 e. The third-order valence-corrected chi connectivity index (χ3v) is 2.51. The van der Waals surface area contributed by atoms with Gasteiger partial charge in [0.05, 0.1) is 18.4 Å². The number of nitrogens with one attached hydrogen (secondary N) is 1. The van der Waals surface area contributed by atoms with E-state index >= 15 is 0 Å². The fourth-order valence-electron chi connectivity index (χ4n) is 1.44. The normalized spacial score (nSPS) is 15.2. The van der Waals surface area contributed by atoms with E-state index in [1.54, 1.807) is 0 Å². The molecule has 0 atom stereocenters. The molecule has 1 aliphatic heterocycles. The number of likely N-dealkylation sites (tertiary alicyclic amines) is 1. The van der Waals surface area contributed by atoms with E-state index in [1.807, 2.05) is 0 Å². The number of hydrogen-bond donors (Lipinski definition) is 2. The Kier molecular flexibility index (Phi) is 3.10. The third-order valence-electron chi connectivity index (χ3n) is 2.33. The Morgan fingerprint density at radius 1 is 1.47 bits per heavy atom. The van der Waals surface area contributed by atoms with Crippen LogP contribution in [0.15, 0.2) is 12.4 Å². The Morgan fingerprint density at radius 2 is 2.18 bits per heavy atom. The molecule has 1 aliphatic rings. The van der Waals surface area contributed by atoms with Crippen LogP contribution in [0.2, 0.25) is 5.15 Å². The highest BCUT2D eigenvalue weighted by Gasteiger charge is 2.31. The van der Waals surface area contributed by atoms with Gasteiger partial charge >= 0.3 is 6.09 Å². The molecule has 1 fully saturated rings. The van der Waals surface area contributed by atoms with Gasteiger partial charge in [0, 0.05) is 13.1 Å². The molecule has 2 amide bonds. The van der Waals surface area contributed by atoms with Crippen molar-refractivity contribution in [1.82, 2.24) is 20.2 Å². The predicted octanol–water partition coefficient (Wildman–Crippen LogP) is 0.222. The lowest BCUT2D eigenvalue weighted by molar-refractivity contribution is 0.0764. The van der Waals surface area contributed by atoms with E-state index in [2.05, 4.69) is 15.3 Å². The number of aromatic nitrogens is 2. The molecule has 0 aliphatic carbocycles. The van der Waals surface area contributed by atoms with Gasteiger partial charge in [-0.05, 0) is 0 Å². The topological polar surface area (TPSA) is 95.4 Å². The SMILES string of the molecule is O=C(NC1CN(C(=O)O)C1)c1cncc(Cl)n1. The molecule has 0 aromatic carbocycles. The summed E-state index contributed by atoms with van der Waals surface area (Å²) in [7, 11) is 0. The van der Waals surface area contributed by atoms with Gasteiger partial charge in [-0.25, -0.2) is 9.78 Å². The van der Waals surface area contributed by atoms with Gasteiger partial charge in [-0.1, -0.05) is 11.6 Å². The van der Waals surface area contributed by atoms with Crippen LogP contribution in [0.4, 0.5) is 4.79 Å². The summed E-state index contributed by atoms with van der Waals surface area (Å²) in [5.74, 6) is -0.407. The molecule has 17 heavy (non-hydrogen) atoms. The Bertz CT molecular complexity index is 461. The van der Waals surface area contributed by atoms with Crippen LogP contribution in [0.25, 0.3) is 0 Å². The first kappa shape index (κ1) is 11.6. The molecule has 2 rings (SSSR count). The van der Waals surface area contributed by atoms with Crippen LogP contribution in [0.3, 0.4) is 0 Å². The first-order valence-corrected chi connectivity index (χ1v) is 5.20. The molecule has 2 heterocycles. The Hall–Kier alpha value is -1.89. The zero-order chi connectivity index (χ0) is 12.4. The summed E-state index contributed by atoms with van der Waals surface area (Å²) in [5, 5.41) is 11.4. The van der Waals surface area contributed by atoms with Gasteiger partial charge < -0.3 is 15.3 Å². The first-order chi connectivity index (χ1) is 8.06. The first-order valence-electron chi connectivity index (χ1n) is 4.82. The molecule has 0 radical (unpaired) electrons. The Labute approximate surface area is 101 Å². The minimum atomic E-state index is -0.988. The Morgan fingerprint density at radius 3 is 2.76 bits per heavy atom. The van der Waals surface area contributed by atoms with Gasteiger partial charge in [0.1, 0.15) is 10.8 Å². The van der Waals surface area contributed by atoms with Gasteiger partial charge in [0.2, 0.25) is 0 Å². The summed E-state index contributed by atoms with van der Waals surface area (Å²) in [5.41, 5.74) is 0.117. The number of nitrogens with zero attached hydrogens (tertiary/aromatic N) is 3. The van der Waals surface area contributed by atoms with Crippen LogP contribution < -0.4 is 5.32 Å². The van der Waals surface area contributed by atoms with Crippen molar-refractivity contribution in [2.45, 2.75) is 6.04 Å². The van der Waals surface area contributed by atoms with E-state index in [0.29, 0.717) is 0 Å². The van der Waals surface area contributed by atoms with Gasteiger partial charge in [0.25, 0.3) is 5.91 Å². The number of halogens is 1. The van der Waals surface area contributed by atoms with Gasteiger partial charge in [-0.3, -0.25) is 9.78 Å². The van der Waals surface area contributed by atoms with Crippen molar-refractivity contribution in [3.8, 4) is 0 Å². The molecule has 0 unspecified atom stereocenters. The van der Waals surface area contributed by atoms with Crippen molar-refractivity contribution in [1.29, 1.82) is 0 Å². The molecule has 1 aromatic rings.